The minimum absolute atomic E-state index is 0.0217. The van der Waals surface area contributed by atoms with Crippen LogP contribution in [0.25, 0.3) is 0 Å². The van der Waals surface area contributed by atoms with E-state index in [9.17, 15) is 18.0 Å². The second kappa shape index (κ2) is 12.4. The van der Waals surface area contributed by atoms with Crippen molar-refractivity contribution in [3.8, 4) is 0 Å². The fourth-order valence-corrected chi connectivity index (χ4v) is 5.74. The van der Waals surface area contributed by atoms with Crippen molar-refractivity contribution in [2.75, 3.05) is 17.9 Å². The van der Waals surface area contributed by atoms with Crippen molar-refractivity contribution in [1.29, 1.82) is 0 Å². The molecule has 0 aromatic heterocycles. The van der Waals surface area contributed by atoms with E-state index in [1.54, 1.807) is 36.4 Å². The minimum atomic E-state index is -4.26. The number of benzene rings is 3. The molecular weight excluding hydrogens is 580 g/mol. The second-order valence-corrected chi connectivity index (χ2v) is 11.5. The summed E-state index contributed by atoms with van der Waals surface area (Å²) in [5, 5.41) is 3.43. The Kier molecular flexibility index (Phi) is 9.72. The highest BCUT2D eigenvalue weighted by molar-refractivity contribution is 7.92. The highest BCUT2D eigenvalue weighted by atomic mass is 35.5. The Balaban J connectivity index is 2.07. The molecule has 0 aliphatic carbocycles. The summed E-state index contributed by atoms with van der Waals surface area (Å²) in [6, 6.07) is 15.8. The van der Waals surface area contributed by atoms with Gasteiger partial charge in [-0.2, -0.15) is 0 Å². The lowest BCUT2D eigenvalue weighted by Gasteiger charge is -2.32. The summed E-state index contributed by atoms with van der Waals surface area (Å²) >= 11 is 24.7. The van der Waals surface area contributed by atoms with Crippen molar-refractivity contribution in [3.05, 3.63) is 92.4 Å². The third kappa shape index (κ3) is 6.89. The fourth-order valence-electron chi connectivity index (χ4n) is 3.54. The molecule has 0 spiro atoms. The Morgan fingerprint density at radius 3 is 2.16 bits per heavy atom. The third-order valence-corrected chi connectivity index (χ3v) is 8.61. The van der Waals surface area contributed by atoms with Crippen LogP contribution in [0.2, 0.25) is 20.1 Å². The number of amides is 2. The number of halogens is 4. The van der Waals surface area contributed by atoms with Crippen molar-refractivity contribution in [3.63, 3.8) is 0 Å². The standard InChI is InChI=1S/C25H23Cl4N3O4S/c1-16(25(34)30-2)31(14-17-8-10-20(27)22(29)12-17)24(33)15-32(23-13-18(26)9-11-21(23)28)37(35,36)19-6-4-3-5-7-19/h3-13,16H,14-15H2,1-2H3,(H,30,34)/t16-/m0/s1. The molecule has 0 aliphatic rings. The first-order chi connectivity index (χ1) is 17.4. The molecule has 37 heavy (non-hydrogen) atoms. The molecule has 0 saturated carbocycles. The molecule has 3 rings (SSSR count). The molecule has 1 N–H and O–H groups in total. The molecule has 196 valence electrons. The van der Waals surface area contributed by atoms with Crippen LogP contribution in [0, 0.1) is 0 Å². The summed E-state index contributed by atoms with van der Waals surface area (Å²) in [7, 11) is -2.81. The molecule has 0 heterocycles. The zero-order valence-corrected chi connectivity index (χ0v) is 23.6. The maximum absolute atomic E-state index is 13.7. The van der Waals surface area contributed by atoms with Crippen molar-refractivity contribution >= 4 is 73.9 Å². The highest BCUT2D eigenvalue weighted by Crippen LogP contribution is 2.33. The van der Waals surface area contributed by atoms with E-state index >= 15 is 0 Å². The number of sulfonamides is 1. The zero-order valence-electron chi connectivity index (χ0n) is 19.8. The number of hydrogen-bond donors (Lipinski definition) is 1. The van der Waals surface area contributed by atoms with Gasteiger partial charge in [-0.05, 0) is 55.0 Å². The molecule has 12 heteroatoms. The molecule has 3 aromatic carbocycles. The summed E-state index contributed by atoms with van der Waals surface area (Å²) < 4.78 is 28.3. The smallest absolute Gasteiger partial charge is 0.264 e. The lowest BCUT2D eigenvalue weighted by Crippen LogP contribution is -2.50. The monoisotopic (exact) mass is 601 g/mol. The van der Waals surface area contributed by atoms with Gasteiger partial charge in [0.1, 0.15) is 12.6 Å². The molecule has 0 radical (unpaired) electrons. The van der Waals surface area contributed by atoms with Crippen LogP contribution in [0.1, 0.15) is 12.5 Å². The van der Waals surface area contributed by atoms with Gasteiger partial charge in [0.25, 0.3) is 10.0 Å². The number of nitrogens with one attached hydrogen (secondary N) is 1. The van der Waals surface area contributed by atoms with Crippen molar-refractivity contribution in [2.24, 2.45) is 0 Å². The second-order valence-electron chi connectivity index (χ2n) is 7.98. The first-order valence-electron chi connectivity index (χ1n) is 10.9. The van der Waals surface area contributed by atoms with Gasteiger partial charge in [0, 0.05) is 18.6 Å². The van der Waals surface area contributed by atoms with Crippen LogP contribution in [-0.4, -0.2) is 44.8 Å². The zero-order chi connectivity index (χ0) is 27.3. The summed E-state index contributed by atoms with van der Waals surface area (Å²) in [5.41, 5.74) is 0.616. The summed E-state index contributed by atoms with van der Waals surface area (Å²) in [6.45, 7) is 0.851. The third-order valence-electron chi connectivity index (χ3n) is 5.54. The highest BCUT2D eigenvalue weighted by Gasteiger charge is 2.33. The van der Waals surface area contributed by atoms with Crippen LogP contribution in [0.15, 0.2) is 71.6 Å². The first kappa shape index (κ1) is 29.1. The summed E-state index contributed by atoms with van der Waals surface area (Å²) in [5.74, 6) is -1.09. The number of nitrogens with zero attached hydrogens (tertiary/aromatic N) is 2. The van der Waals surface area contributed by atoms with E-state index < -0.39 is 34.4 Å². The molecule has 0 unspecified atom stereocenters. The van der Waals surface area contributed by atoms with Gasteiger partial charge in [-0.15, -0.1) is 0 Å². The molecule has 3 aromatic rings. The lowest BCUT2D eigenvalue weighted by molar-refractivity contribution is -0.139. The molecular formula is C25H23Cl4N3O4S. The minimum Gasteiger partial charge on any atom is -0.357 e. The van der Waals surface area contributed by atoms with Crippen molar-refractivity contribution in [2.45, 2.75) is 24.4 Å². The average Bonchev–Trinajstić information content (AvgIpc) is 2.88. The number of rotatable bonds is 9. The summed E-state index contributed by atoms with van der Waals surface area (Å²) in [4.78, 5) is 27.5. The number of carbonyl (C=O) groups excluding carboxylic acids is 2. The van der Waals surface area contributed by atoms with Gasteiger partial charge in [0.15, 0.2) is 0 Å². The SMILES string of the molecule is CNC(=O)[C@H](C)N(Cc1ccc(Cl)c(Cl)c1)C(=O)CN(c1cc(Cl)ccc1Cl)S(=O)(=O)c1ccccc1. The predicted octanol–water partition coefficient (Wildman–Crippen LogP) is 5.66. The van der Waals surface area contributed by atoms with Gasteiger partial charge < -0.3 is 10.2 Å². The molecule has 7 nitrogen and oxygen atoms in total. The molecule has 0 fully saturated rings. The van der Waals surface area contributed by atoms with Gasteiger partial charge in [0.05, 0.1) is 25.7 Å². The molecule has 1 atom stereocenters. The van der Waals surface area contributed by atoms with Crippen LogP contribution >= 0.6 is 46.4 Å². The van der Waals surface area contributed by atoms with Crippen molar-refractivity contribution in [1.82, 2.24) is 10.2 Å². The van der Waals surface area contributed by atoms with Gasteiger partial charge >= 0.3 is 0 Å². The number of hydrogen-bond acceptors (Lipinski definition) is 4. The van der Waals surface area contributed by atoms with Gasteiger partial charge in [-0.3, -0.25) is 13.9 Å². The Bertz CT molecular complexity index is 1400. The Hall–Kier alpha value is -2.49. The molecule has 0 aliphatic heterocycles. The van der Waals surface area contributed by atoms with Crippen LogP contribution in [0.4, 0.5) is 5.69 Å². The number of likely N-dealkylation sites (N-methyl/N-ethyl adjacent to an activating group) is 1. The van der Waals surface area contributed by atoms with Gasteiger partial charge in [-0.1, -0.05) is 70.7 Å². The van der Waals surface area contributed by atoms with Crippen LogP contribution < -0.4 is 9.62 Å². The van der Waals surface area contributed by atoms with E-state index in [1.165, 1.54) is 49.2 Å². The van der Waals surface area contributed by atoms with E-state index in [4.69, 9.17) is 46.4 Å². The van der Waals surface area contributed by atoms with E-state index in [1.807, 2.05) is 0 Å². The van der Waals surface area contributed by atoms with Gasteiger partial charge in [0.2, 0.25) is 11.8 Å². The van der Waals surface area contributed by atoms with Crippen molar-refractivity contribution < 1.29 is 18.0 Å². The maximum atomic E-state index is 13.7. The van der Waals surface area contributed by atoms with E-state index in [2.05, 4.69) is 5.32 Å². The lowest BCUT2D eigenvalue weighted by atomic mass is 10.1. The Morgan fingerprint density at radius 2 is 1.54 bits per heavy atom. The molecule has 0 bridgehead atoms. The molecule has 2 amide bonds. The van der Waals surface area contributed by atoms with Gasteiger partial charge in [-0.25, -0.2) is 8.42 Å². The Labute approximate surface area is 235 Å². The summed E-state index contributed by atoms with van der Waals surface area (Å²) in [6.07, 6.45) is 0. The van der Waals surface area contributed by atoms with Crippen LogP contribution in [0.5, 0.6) is 0 Å². The topological polar surface area (TPSA) is 86.8 Å². The predicted molar refractivity (Wildman–Crippen MR) is 148 cm³/mol. The van der Waals surface area contributed by atoms with Crippen LogP contribution in [-0.2, 0) is 26.2 Å². The van der Waals surface area contributed by atoms with E-state index in [0.29, 0.717) is 10.6 Å². The largest absolute Gasteiger partial charge is 0.357 e. The fraction of sp³-hybridized carbons (Fsp3) is 0.200. The maximum Gasteiger partial charge on any atom is 0.264 e. The normalized spacial score (nSPS) is 12.1. The van der Waals surface area contributed by atoms with E-state index in [0.717, 1.165) is 4.31 Å². The van der Waals surface area contributed by atoms with E-state index in [-0.39, 0.29) is 32.2 Å². The average molecular weight is 603 g/mol. The number of carbonyl (C=O) groups is 2. The Morgan fingerprint density at radius 1 is 0.892 bits per heavy atom. The van der Waals surface area contributed by atoms with Crippen LogP contribution in [0.3, 0.4) is 0 Å². The number of anilines is 1. The quantitative estimate of drug-likeness (QED) is 0.342. The first-order valence-corrected chi connectivity index (χ1v) is 13.9. The molecule has 0 saturated heterocycles.